The van der Waals surface area contributed by atoms with Crippen LogP contribution in [0.1, 0.15) is 31.9 Å². The van der Waals surface area contributed by atoms with Gasteiger partial charge in [-0.05, 0) is 35.0 Å². The van der Waals surface area contributed by atoms with Gasteiger partial charge in [0.15, 0.2) is 6.29 Å². The van der Waals surface area contributed by atoms with Crippen LogP contribution in [0.15, 0.2) is 24.3 Å². The van der Waals surface area contributed by atoms with Gasteiger partial charge in [0.2, 0.25) is 5.60 Å². The average molecular weight is 253 g/mol. The maximum atomic E-state index is 11.0. The minimum atomic E-state index is -1.11. The van der Waals surface area contributed by atoms with E-state index in [4.69, 9.17) is 4.52 Å². The molecule has 1 aromatic rings. The predicted molar refractivity (Wildman–Crippen MR) is 68.5 cm³/mol. The number of benzene rings is 1. The molecule has 3 nitrogen and oxygen atoms in total. The minimum Gasteiger partial charge on any atom is -0.300 e. The molecule has 0 aromatic heterocycles. The molecule has 0 radical (unpaired) electrons. The van der Waals surface area contributed by atoms with E-state index in [9.17, 15) is 9.36 Å². The van der Waals surface area contributed by atoms with Crippen LogP contribution >= 0.6 is 8.69 Å². The van der Waals surface area contributed by atoms with Crippen LogP contribution in [-0.2, 0) is 25.9 Å². The molecule has 0 aliphatic carbocycles. The minimum absolute atomic E-state index is 0.595. The third kappa shape index (κ3) is 3.72. The van der Waals surface area contributed by atoms with Crippen molar-refractivity contribution >= 4 is 15.0 Å². The van der Waals surface area contributed by atoms with Gasteiger partial charge in [0.05, 0.1) is 0 Å². The van der Waals surface area contributed by atoms with Crippen molar-refractivity contribution in [2.75, 3.05) is 0 Å². The van der Waals surface area contributed by atoms with E-state index in [1.54, 1.807) is 6.92 Å². The Bertz CT molecular complexity index is 386. The molecule has 1 rings (SSSR count). The van der Waals surface area contributed by atoms with E-state index in [0.29, 0.717) is 12.2 Å². The van der Waals surface area contributed by atoms with Crippen molar-refractivity contribution in [1.82, 2.24) is 0 Å². The summed E-state index contributed by atoms with van der Waals surface area (Å²) >= 11 is 0. The zero-order valence-corrected chi connectivity index (χ0v) is 11.4. The second-order valence-electron chi connectivity index (χ2n) is 4.71. The molecular formula is C13H18O3P+. The summed E-state index contributed by atoms with van der Waals surface area (Å²) in [5.74, 6) is 0.595. The summed E-state index contributed by atoms with van der Waals surface area (Å²) in [6.07, 6.45) is 1.68. The SMILES string of the molecule is CC(C)Cc1ccc(C(C)(C=O)O[PH+]=O)cc1. The van der Waals surface area contributed by atoms with Crippen molar-refractivity contribution < 1.29 is 13.9 Å². The topological polar surface area (TPSA) is 43.4 Å². The fourth-order valence-corrected chi connectivity index (χ4v) is 2.02. The molecule has 0 aliphatic rings. The first kappa shape index (κ1) is 14.0. The smallest absolute Gasteiger partial charge is 0.300 e. The highest BCUT2D eigenvalue weighted by atomic mass is 31.1. The summed E-state index contributed by atoms with van der Waals surface area (Å²) in [4.78, 5) is 11.0. The molecule has 0 bridgehead atoms. The average Bonchev–Trinajstić information content (AvgIpc) is 2.29. The normalized spacial score (nSPS) is 14.8. The van der Waals surface area contributed by atoms with E-state index in [0.717, 1.165) is 12.0 Å². The number of carbonyl (C=O) groups is 1. The van der Waals surface area contributed by atoms with Crippen LogP contribution in [-0.4, -0.2) is 6.29 Å². The number of carbonyl (C=O) groups excluding carboxylic acids is 1. The summed E-state index contributed by atoms with van der Waals surface area (Å²) < 4.78 is 15.5. The molecule has 0 saturated heterocycles. The van der Waals surface area contributed by atoms with Crippen LogP contribution in [0.2, 0.25) is 0 Å². The number of rotatable bonds is 6. The lowest BCUT2D eigenvalue weighted by molar-refractivity contribution is -0.120. The zero-order chi connectivity index (χ0) is 12.9. The number of hydrogen-bond donors (Lipinski definition) is 0. The lowest BCUT2D eigenvalue weighted by atomic mass is 9.95. The first-order valence-electron chi connectivity index (χ1n) is 5.62. The van der Waals surface area contributed by atoms with Crippen molar-refractivity contribution in [2.24, 2.45) is 5.92 Å². The molecule has 0 saturated carbocycles. The molecule has 0 N–H and O–H groups in total. The quantitative estimate of drug-likeness (QED) is 0.577. The number of hydrogen-bond acceptors (Lipinski definition) is 3. The molecule has 4 heteroatoms. The Morgan fingerprint density at radius 2 is 1.94 bits per heavy atom. The summed E-state index contributed by atoms with van der Waals surface area (Å²) in [5, 5.41) is 0. The Labute approximate surface area is 103 Å². The molecule has 1 aromatic carbocycles. The highest BCUT2D eigenvalue weighted by Gasteiger charge is 2.31. The summed E-state index contributed by atoms with van der Waals surface area (Å²) in [6.45, 7) is 5.93. The maximum Gasteiger partial charge on any atom is 0.495 e. The molecule has 0 amide bonds. The van der Waals surface area contributed by atoms with Crippen molar-refractivity contribution in [3.63, 3.8) is 0 Å². The van der Waals surface area contributed by atoms with Crippen molar-refractivity contribution in [3.05, 3.63) is 35.4 Å². The fourth-order valence-electron chi connectivity index (χ4n) is 1.68. The molecule has 0 aliphatic heterocycles. The Kier molecular flexibility index (Phi) is 4.98. The third-order valence-electron chi connectivity index (χ3n) is 2.65. The third-order valence-corrected chi connectivity index (χ3v) is 3.16. The molecule has 0 fully saturated rings. The first-order chi connectivity index (χ1) is 8.01. The summed E-state index contributed by atoms with van der Waals surface area (Å²) in [6, 6.07) is 7.67. The van der Waals surface area contributed by atoms with Crippen LogP contribution in [0, 0.1) is 5.92 Å². The van der Waals surface area contributed by atoms with Gasteiger partial charge in [-0.3, -0.25) is 4.79 Å². The van der Waals surface area contributed by atoms with E-state index in [1.165, 1.54) is 5.56 Å². The predicted octanol–water partition coefficient (Wildman–Crippen LogP) is 3.25. The van der Waals surface area contributed by atoms with Crippen LogP contribution < -0.4 is 0 Å². The standard InChI is InChI=1S/C13H18O3P/c1-10(2)8-11-4-6-12(7-5-11)13(3,9-14)16-17-15/h4-7,9-10,17H,8H2,1-3H3/q+1. The monoisotopic (exact) mass is 253 g/mol. The highest BCUT2D eigenvalue weighted by molar-refractivity contribution is 7.17. The Morgan fingerprint density at radius 1 is 1.35 bits per heavy atom. The summed E-state index contributed by atoms with van der Waals surface area (Å²) in [7, 11) is -0.946. The van der Waals surface area contributed by atoms with Crippen LogP contribution in [0.5, 0.6) is 0 Å². The molecule has 17 heavy (non-hydrogen) atoms. The Hall–Kier alpha value is -1.05. The van der Waals surface area contributed by atoms with Gasteiger partial charge in [-0.2, -0.15) is 0 Å². The Balaban J connectivity index is 2.92. The molecule has 2 unspecified atom stereocenters. The molecule has 2 atom stereocenters. The van der Waals surface area contributed by atoms with E-state index >= 15 is 0 Å². The van der Waals surface area contributed by atoms with Crippen molar-refractivity contribution in [3.8, 4) is 0 Å². The van der Waals surface area contributed by atoms with Crippen molar-refractivity contribution in [2.45, 2.75) is 32.8 Å². The van der Waals surface area contributed by atoms with Gasteiger partial charge < -0.3 is 0 Å². The van der Waals surface area contributed by atoms with Gasteiger partial charge in [-0.1, -0.05) is 38.1 Å². The van der Waals surface area contributed by atoms with Crippen LogP contribution in [0.3, 0.4) is 0 Å². The number of aldehydes is 1. The van der Waals surface area contributed by atoms with Crippen LogP contribution in [0.25, 0.3) is 0 Å². The van der Waals surface area contributed by atoms with Gasteiger partial charge in [0.1, 0.15) is 0 Å². The molecular weight excluding hydrogens is 235 g/mol. The molecule has 0 spiro atoms. The second-order valence-corrected chi connectivity index (χ2v) is 5.08. The van der Waals surface area contributed by atoms with Gasteiger partial charge >= 0.3 is 8.69 Å². The van der Waals surface area contributed by atoms with E-state index in [1.807, 2.05) is 24.3 Å². The molecule has 0 heterocycles. The van der Waals surface area contributed by atoms with Crippen LogP contribution in [0.4, 0.5) is 0 Å². The summed E-state index contributed by atoms with van der Waals surface area (Å²) in [5.41, 5.74) is 0.834. The fraction of sp³-hybridized carbons (Fsp3) is 0.462. The lowest BCUT2D eigenvalue weighted by Crippen LogP contribution is -2.24. The van der Waals surface area contributed by atoms with Gasteiger partial charge in [0, 0.05) is 0 Å². The maximum absolute atomic E-state index is 11.0. The van der Waals surface area contributed by atoms with Gasteiger partial charge in [-0.15, -0.1) is 4.52 Å². The highest BCUT2D eigenvalue weighted by Crippen LogP contribution is 2.27. The van der Waals surface area contributed by atoms with E-state index < -0.39 is 14.3 Å². The zero-order valence-electron chi connectivity index (χ0n) is 10.4. The van der Waals surface area contributed by atoms with E-state index in [-0.39, 0.29) is 0 Å². The Morgan fingerprint density at radius 3 is 2.35 bits per heavy atom. The van der Waals surface area contributed by atoms with Crippen molar-refractivity contribution in [1.29, 1.82) is 0 Å². The second kappa shape index (κ2) is 6.04. The largest absolute Gasteiger partial charge is 0.495 e. The van der Waals surface area contributed by atoms with E-state index in [2.05, 4.69) is 13.8 Å². The first-order valence-corrected chi connectivity index (χ1v) is 6.44. The van der Waals surface area contributed by atoms with Gasteiger partial charge in [0.25, 0.3) is 0 Å². The lowest BCUT2D eigenvalue weighted by Gasteiger charge is -2.16. The molecule has 92 valence electrons. The van der Waals surface area contributed by atoms with Gasteiger partial charge in [-0.25, -0.2) is 0 Å².